The van der Waals surface area contributed by atoms with Crippen molar-refractivity contribution in [3.8, 4) is 0 Å². The van der Waals surface area contributed by atoms with Gasteiger partial charge in [0.2, 0.25) is 0 Å². The van der Waals surface area contributed by atoms with Gasteiger partial charge in [0, 0.05) is 50.8 Å². The Hall–Kier alpha value is -0.570. The number of rotatable bonds is 10. The summed E-state index contributed by atoms with van der Waals surface area (Å²) in [5, 5.41) is 7.54. The van der Waals surface area contributed by atoms with Crippen LogP contribution in [0.5, 0.6) is 0 Å². The van der Waals surface area contributed by atoms with Crippen LogP contribution in [-0.2, 0) is 6.42 Å². The van der Waals surface area contributed by atoms with Crippen LogP contribution in [0, 0.1) is 0 Å². The van der Waals surface area contributed by atoms with Crippen LogP contribution in [0.15, 0.2) is 29.3 Å². The number of unbranched alkanes of at least 4 members (excludes halogenated alkanes) is 1. The van der Waals surface area contributed by atoms with Gasteiger partial charge in [0.1, 0.15) is 0 Å². The highest BCUT2D eigenvalue weighted by Crippen LogP contribution is 2.09. The maximum Gasteiger partial charge on any atom is 0.191 e. The van der Waals surface area contributed by atoms with Crippen molar-refractivity contribution in [1.82, 2.24) is 20.4 Å². The third-order valence-electron chi connectivity index (χ3n) is 5.03. The van der Waals surface area contributed by atoms with Crippen molar-refractivity contribution in [2.45, 2.75) is 33.1 Å². The van der Waals surface area contributed by atoms with Crippen LogP contribution in [0.25, 0.3) is 0 Å². The maximum absolute atomic E-state index is 5.93. The van der Waals surface area contributed by atoms with Gasteiger partial charge in [0.05, 0.1) is 0 Å². The summed E-state index contributed by atoms with van der Waals surface area (Å²) in [6.45, 7) is 14.2. The van der Waals surface area contributed by atoms with E-state index in [2.05, 4.69) is 46.4 Å². The van der Waals surface area contributed by atoms with E-state index < -0.39 is 0 Å². The van der Waals surface area contributed by atoms with Crippen LogP contribution in [-0.4, -0.2) is 74.7 Å². The summed E-state index contributed by atoms with van der Waals surface area (Å²) in [6.07, 6.45) is 3.33. The number of nitrogens with zero attached hydrogens (tertiary/aromatic N) is 3. The molecule has 0 saturated carbocycles. The summed E-state index contributed by atoms with van der Waals surface area (Å²) < 4.78 is 0. The van der Waals surface area contributed by atoms with Crippen molar-refractivity contribution in [3.05, 3.63) is 34.9 Å². The van der Waals surface area contributed by atoms with Gasteiger partial charge in [-0.25, -0.2) is 0 Å². The van der Waals surface area contributed by atoms with E-state index in [0.717, 1.165) is 43.5 Å². The van der Waals surface area contributed by atoms with E-state index in [4.69, 9.17) is 16.6 Å². The first-order valence-corrected chi connectivity index (χ1v) is 10.8. The molecule has 0 radical (unpaired) electrons. The van der Waals surface area contributed by atoms with E-state index in [1.165, 1.54) is 51.3 Å². The van der Waals surface area contributed by atoms with Gasteiger partial charge in [-0.15, -0.1) is 24.0 Å². The molecule has 1 aliphatic heterocycles. The second-order valence-corrected chi connectivity index (χ2v) is 7.48. The Morgan fingerprint density at radius 3 is 2.32 bits per heavy atom. The molecule has 1 aromatic carbocycles. The molecule has 0 atom stereocenters. The normalized spacial score (nSPS) is 15.9. The molecule has 5 nitrogen and oxygen atoms in total. The van der Waals surface area contributed by atoms with Crippen molar-refractivity contribution in [1.29, 1.82) is 0 Å². The molecule has 2 N–H and O–H groups in total. The Bertz CT molecular complexity index is 544. The Morgan fingerprint density at radius 2 is 1.68 bits per heavy atom. The number of piperazine rings is 1. The molecule has 0 aliphatic carbocycles. The van der Waals surface area contributed by atoms with Gasteiger partial charge in [-0.2, -0.15) is 0 Å². The standard InChI is InChI=1S/C21H36ClN5.HI/c1-3-23-21(25-13-11-19-7-9-20(22)10-8-19)24-12-5-6-14-27-17-15-26(4-2)16-18-27;/h7-10H,3-6,11-18H2,1-2H3,(H2,23,24,25);1H. The molecule has 160 valence electrons. The largest absolute Gasteiger partial charge is 0.357 e. The molecular weight excluding hydrogens is 485 g/mol. The van der Waals surface area contributed by atoms with E-state index in [9.17, 15) is 0 Å². The van der Waals surface area contributed by atoms with E-state index >= 15 is 0 Å². The van der Waals surface area contributed by atoms with Crippen molar-refractivity contribution in [2.75, 3.05) is 58.9 Å². The lowest BCUT2D eigenvalue weighted by Gasteiger charge is -2.33. The van der Waals surface area contributed by atoms with Crippen LogP contribution in [0.2, 0.25) is 5.02 Å². The lowest BCUT2D eigenvalue weighted by Crippen LogP contribution is -2.46. The van der Waals surface area contributed by atoms with E-state index in [0.29, 0.717) is 0 Å². The molecule has 0 unspecified atom stereocenters. The fourth-order valence-electron chi connectivity index (χ4n) is 3.29. The third-order valence-corrected chi connectivity index (χ3v) is 5.28. The van der Waals surface area contributed by atoms with Gasteiger partial charge in [-0.3, -0.25) is 4.99 Å². The zero-order valence-electron chi connectivity index (χ0n) is 17.4. The number of nitrogens with one attached hydrogen (secondary N) is 2. The van der Waals surface area contributed by atoms with Gasteiger partial charge >= 0.3 is 0 Å². The summed E-state index contributed by atoms with van der Waals surface area (Å²) >= 11 is 5.93. The Labute approximate surface area is 193 Å². The summed E-state index contributed by atoms with van der Waals surface area (Å²) in [4.78, 5) is 9.83. The van der Waals surface area contributed by atoms with Crippen LogP contribution in [0.4, 0.5) is 0 Å². The molecule has 1 aromatic rings. The topological polar surface area (TPSA) is 42.9 Å². The first kappa shape index (κ1) is 25.5. The SMILES string of the molecule is CCNC(=NCCCCN1CCN(CC)CC1)NCCc1ccc(Cl)cc1.I. The monoisotopic (exact) mass is 521 g/mol. The predicted molar refractivity (Wildman–Crippen MR) is 132 cm³/mol. The van der Waals surface area contributed by atoms with E-state index in [-0.39, 0.29) is 24.0 Å². The zero-order valence-corrected chi connectivity index (χ0v) is 20.5. The first-order chi connectivity index (χ1) is 13.2. The van der Waals surface area contributed by atoms with Crippen molar-refractivity contribution >= 4 is 41.5 Å². The quantitative estimate of drug-likeness (QED) is 0.214. The number of halogens is 2. The summed E-state index contributed by atoms with van der Waals surface area (Å²) in [5.74, 6) is 0.919. The summed E-state index contributed by atoms with van der Waals surface area (Å²) in [7, 11) is 0. The van der Waals surface area contributed by atoms with Crippen molar-refractivity contribution in [2.24, 2.45) is 4.99 Å². The fourth-order valence-corrected chi connectivity index (χ4v) is 3.41. The number of benzene rings is 1. The maximum atomic E-state index is 5.93. The number of guanidine groups is 1. The van der Waals surface area contributed by atoms with Gasteiger partial charge < -0.3 is 20.4 Å². The average Bonchev–Trinajstić information content (AvgIpc) is 2.69. The second-order valence-electron chi connectivity index (χ2n) is 7.05. The number of likely N-dealkylation sites (N-methyl/N-ethyl adjacent to an activating group) is 1. The fraction of sp³-hybridized carbons (Fsp3) is 0.667. The van der Waals surface area contributed by atoms with Gasteiger partial charge in [-0.05, 0) is 57.0 Å². The first-order valence-electron chi connectivity index (χ1n) is 10.4. The molecular formula is C21H37ClIN5. The molecule has 0 aromatic heterocycles. The summed E-state index contributed by atoms with van der Waals surface area (Å²) in [6, 6.07) is 8.04. The number of aliphatic imine (C=N–C) groups is 1. The molecule has 1 heterocycles. The van der Waals surface area contributed by atoms with Crippen LogP contribution < -0.4 is 10.6 Å². The van der Waals surface area contributed by atoms with E-state index in [1.54, 1.807) is 0 Å². The smallest absolute Gasteiger partial charge is 0.191 e. The third kappa shape index (κ3) is 10.3. The molecule has 1 aliphatic rings. The minimum absolute atomic E-state index is 0. The van der Waals surface area contributed by atoms with Gasteiger partial charge in [0.15, 0.2) is 5.96 Å². The molecule has 1 fully saturated rings. The molecule has 0 bridgehead atoms. The van der Waals surface area contributed by atoms with Gasteiger partial charge in [0.25, 0.3) is 0 Å². The highest BCUT2D eigenvalue weighted by atomic mass is 127. The van der Waals surface area contributed by atoms with Crippen molar-refractivity contribution in [3.63, 3.8) is 0 Å². The Balaban J connectivity index is 0.00000392. The van der Waals surface area contributed by atoms with Crippen LogP contribution >= 0.6 is 35.6 Å². The highest BCUT2D eigenvalue weighted by molar-refractivity contribution is 14.0. The molecule has 0 amide bonds. The number of hydrogen-bond donors (Lipinski definition) is 2. The van der Waals surface area contributed by atoms with Crippen LogP contribution in [0.3, 0.4) is 0 Å². The molecule has 0 spiro atoms. The van der Waals surface area contributed by atoms with E-state index in [1.807, 2.05) is 12.1 Å². The summed E-state index contributed by atoms with van der Waals surface area (Å²) in [5.41, 5.74) is 1.28. The molecule has 1 saturated heterocycles. The Kier molecular flexibility index (Phi) is 13.9. The second kappa shape index (κ2) is 15.3. The highest BCUT2D eigenvalue weighted by Gasteiger charge is 2.14. The Morgan fingerprint density at radius 1 is 1.00 bits per heavy atom. The minimum Gasteiger partial charge on any atom is -0.357 e. The molecule has 7 heteroatoms. The lowest BCUT2D eigenvalue weighted by atomic mass is 10.1. The predicted octanol–water partition coefficient (Wildman–Crippen LogP) is 3.47. The van der Waals surface area contributed by atoms with Gasteiger partial charge in [-0.1, -0.05) is 30.7 Å². The zero-order chi connectivity index (χ0) is 19.3. The lowest BCUT2D eigenvalue weighted by molar-refractivity contribution is 0.136. The molecule has 2 rings (SSSR count). The minimum atomic E-state index is 0. The van der Waals surface area contributed by atoms with Crippen LogP contribution in [0.1, 0.15) is 32.3 Å². The number of hydrogen-bond acceptors (Lipinski definition) is 3. The van der Waals surface area contributed by atoms with Crippen molar-refractivity contribution < 1.29 is 0 Å². The average molecular weight is 522 g/mol. The molecule has 28 heavy (non-hydrogen) atoms.